The van der Waals surface area contributed by atoms with Crippen molar-refractivity contribution in [3.8, 4) is 11.5 Å². The van der Waals surface area contributed by atoms with E-state index in [-0.39, 0.29) is 5.69 Å². The molecule has 0 atom stereocenters. The molecule has 0 aliphatic carbocycles. The summed E-state index contributed by atoms with van der Waals surface area (Å²) in [7, 11) is 1.56. The van der Waals surface area contributed by atoms with Gasteiger partial charge in [0.15, 0.2) is 11.5 Å². The monoisotopic (exact) mass is 393 g/mol. The van der Waals surface area contributed by atoms with Crippen molar-refractivity contribution in [1.82, 2.24) is 0 Å². The lowest BCUT2D eigenvalue weighted by atomic mass is 10.2. The van der Waals surface area contributed by atoms with Gasteiger partial charge in [0.05, 0.1) is 35.0 Å². The van der Waals surface area contributed by atoms with E-state index in [1.165, 1.54) is 12.1 Å². The molecule has 8 heteroatoms. The molecule has 0 fully saturated rings. The molecule has 126 valence electrons. The maximum atomic E-state index is 10.8. The van der Waals surface area contributed by atoms with Crippen LogP contribution in [0.5, 0.6) is 11.5 Å². The predicted octanol–water partition coefficient (Wildman–Crippen LogP) is 4.21. The maximum absolute atomic E-state index is 10.8. The lowest BCUT2D eigenvalue weighted by Gasteiger charge is -2.12. The fourth-order valence-electron chi connectivity index (χ4n) is 1.97. The number of hydrogen-bond donors (Lipinski definition) is 1. The van der Waals surface area contributed by atoms with Gasteiger partial charge in [0.2, 0.25) is 0 Å². The molecule has 0 aromatic heterocycles. The highest BCUT2D eigenvalue weighted by Crippen LogP contribution is 2.36. The minimum Gasteiger partial charge on any atom is -0.493 e. The number of halogens is 1. The quantitative estimate of drug-likeness (QED) is 0.432. The molecule has 2 rings (SSSR count). The standard InChI is InChI=1S/C16H16BrN3O4/c1-3-24-16-14(17)7-11(8-15(16)23-2)10-18-19-12-5-4-6-13(9-12)20(21)22/h4-10,19H,3H2,1-2H3. The molecule has 2 aromatic carbocycles. The molecule has 0 bridgehead atoms. The van der Waals surface area contributed by atoms with Gasteiger partial charge in [-0.1, -0.05) is 6.07 Å². The summed E-state index contributed by atoms with van der Waals surface area (Å²) in [5.41, 5.74) is 4.07. The summed E-state index contributed by atoms with van der Waals surface area (Å²) in [5.74, 6) is 1.21. The fraction of sp³-hybridized carbons (Fsp3) is 0.188. The normalized spacial score (nSPS) is 10.6. The van der Waals surface area contributed by atoms with E-state index >= 15 is 0 Å². The van der Waals surface area contributed by atoms with E-state index in [4.69, 9.17) is 9.47 Å². The van der Waals surface area contributed by atoms with Crippen molar-refractivity contribution in [3.63, 3.8) is 0 Å². The van der Waals surface area contributed by atoms with Crippen LogP contribution in [0.3, 0.4) is 0 Å². The van der Waals surface area contributed by atoms with Crippen LogP contribution in [0.15, 0.2) is 46.0 Å². The number of nitro benzene ring substituents is 1. The number of non-ortho nitro benzene ring substituents is 1. The van der Waals surface area contributed by atoms with E-state index in [0.29, 0.717) is 23.8 Å². The summed E-state index contributed by atoms with van der Waals surface area (Å²) in [6.45, 7) is 2.42. The molecular weight excluding hydrogens is 378 g/mol. The van der Waals surface area contributed by atoms with Crippen LogP contribution in [-0.2, 0) is 0 Å². The summed E-state index contributed by atoms with van der Waals surface area (Å²) in [4.78, 5) is 10.3. The molecule has 0 aliphatic rings. The summed E-state index contributed by atoms with van der Waals surface area (Å²) >= 11 is 3.44. The van der Waals surface area contributed by atoms with Crippen LogP contribution in [0.4, 0.5) is 11.4 Å². The van der Waals surface area contributed by atoms with Crippen LogP contribution in [-0.4, -0.2) is 24.9 Å². The number of nitro groups is 1. The number of methoxy groups -OCH3 is 1. The van der Waals surface area contributed by atoms with Crippen LogP contribution in [0.25, 0.3) is 0 Å². The van der Waals surface area contributed by atoms with E-state index in [0.717, 1.165) is 10.0 Å². The predicted molar refractivity (Wildman–Crippen MR) is 96.2 cm³/mol. The Balaban J connectivity index is 2.16. The Labute approximate surface area is 147 Å². The summed E-state index contributed by atoms with van der Waals surface area (Å²) < 4.78 is 11.6. The van der Waals surface area contributed by atoms with Gasteiger partial charge in [-0.3, -0.25) is 15.5 Å². The largest absolute Gasteiger partial charge is 0.493 e. The molecule has 7 nitrogen and oxygen atoms in total. The Bertz CT molecular complexity index is 765. The Hall–Kier alpha value is -2.61. The Morgan fingerprint density at radius 1 is 1.38 bits per heavy atom. The molecular formula is C16H16BrN3O4. The van der Waals surface area contributed by atoms with E-state index in [2.05, 4.69) is 26.5 Å². The van der Waals surface area contributed by atoms with Crippen molar-refractivity contribution < 1.29 is 14.4 Å². The third-order valence-electron chi connectivity index (χ3n) is 3.00. The van der Waals surface area contributed by atoms with Crippen molar-refractivity contribution in [3.05, 3.63) is 56.5 Å². The Morgan fingerprint density at radius 2 is 2.17 bits per heavy atom. The van der Waals surface area contributed by atoms with Gasteiger partial charge < -0.3 is 9.47 Å². The number of hydrazone groups is 1. The van der Waals surface area contributed by atoms with Crippen LogP contribution in [0.2, 0.25) is 0 Å². The summed E-state index contributed by atoms with van der Waals surface area (Å²) in [6, 6.07) is 9.74. The lowest BCUT2D eigenvalue weighted by Crippen LogP contribution is -1.98. The zero-order valence-corrected chi connectivity index (χ0v) is 14.7. The van der Waals surface area contributed by atoms with Crippen molar-refractivity contribution >= 4 is 33.5 Å². The van der Waals surface area contributed by atoms with E-state index in [9.17, 15) is 10.1 Å². The molecule has 0 radical (unpaired) electrons. The fourth-order valence-corrected chi connectivity index (χ4v) is 2.54. The third-order valence-corrected chi connectivity index (χ3v) is 3.59. The molecule has 0 amide bonds. The van der Waals surface area contributed by atoms with Gasteiger partial charge in [0.1, 0.15) is 0 Å². The number of hydrogen-bond acceptors (Lipinski definition) is 6. The van der Waals surface area contributed by atoms with Crippen LogP contribution in [0, 0.1) is 10.1 Å². The Kier molecular flexibility index (Phi) is 6.14. The molecule has 0 heterocycles. The molecule has 24 heavy (non-hydrogen) atoms. The first kappa shape index (κ1) is 17.7. The van der Waals surface area contributed by atoms with E-state index in [1.54, 1.807) is 31.5 Å². The van der Waals surface area contributed by atoms with E-state index < -0.39 is 4.92 Å². The van der Waals surface area contributed by atoms with Crippen molar-refractivity contribution in [1.29, 1.82) is 0 Å². The van der Waals surface area contributed by atoms with Gasteiger partial charge in [0, 0.05) is 12.1 Å². The molecule has 0 unspecified atom stereocenters. The first-order chi connectivity index (χ1) is 11.5. The minimum atomic E-state index is -0.455. The molecule has 0 spiro atoms. The second kappa shape index (κ2) is 8.30. The zero-order valence-electron chi connectivity index (χ0n) is 13.2. The van der Waals surface area contributed by atoms with Gasteiger partial charge in [-0.25, -0.2) is 0 Å². The molecule has 0 saturated carbocycles. The van der Waals surface area contributed by atoms with Crippen LogP contribution in [0.1, 0.15) is 12.5 Å². The van der Waals surface area contributed by atoms with Crippen molar-refractivity contribution in [2.75, 3.05) is 19.1 Å². The molecule has 2 aromatic rings. The second-order valence-corrected chi connectivity index (χ2v) is 5.50. The number of benzene rings is 2. The first-order valence-electron chi connectivity index (χ1n) is 7.09. The maximum Gasteiger partial charge on any atom is 0.271 e. The first-order valence-corrected chi connectivity index (χ1v) is 7.88. The summed E-state index contributed by atoms with van der Waals surface area (Å²) in [6.07, 6.45) is 1.59. The third kappa shape index (κ3) is 4.45. The molecule has 1 N–H and O–H groups in total. The van der Waals surface area contributed by atoms with E-state index in [1.807, 2.05) is 13.0 Å². The highest BCUT2D eigenvalue weighted by molar-refractivity contribution is 9.10. The molecule has 0 aliphatic heterocycles. The highest BCUT2D eigenvalue weighted by atomic mass is 79.9. The number of anilines is 1. The number of ether oxygens (including phenoxy) is 2. The molecule has 0 saturated heterocycles. The minimum absolute atomic E-state index is 0.000631. The average Bonchev–Trinajstić information content (AvgIpc) is 2.57. The van der Waals surface area contributed by atoms with Gasteiger partial charge in [-0.05, 0) is 46.6 Å². The van der Waals surface area contributed by atoms with Crippen molar-refractivity contribution in [2.24, 2.45) is 5.10 Å². The van der Waals surface area contributed by atoms with Crippen molar-refractivity contribution in [2.45, 2.75) is 6.92 Å². The Morgan fingerprint density at radius 3 is 2.83 bits per heavy atom. The average molecular weight is 394 g/mol. The van der Waals surface area contributed by atoms with Crippen LogP contribution < -0.4 is 14.9 Å². The zero-order chi connectivity index (χ0) is 17.5. The second-order valence-electron chi connectivity index (χ2n) is 4.64. The smallest absolute Gasteiger partial charge is 0.271 e. The topological polar surface area (TPSA) is 86.0 Å². The van der Waals surface area contributed by atoms with Gasteiger partial charge >= 0.3 is 0 Å². The number of rotatable bonds is 7. The number of nitrogens with one attached hydrogen (secondary N) is 1. The lowest BCUT2D eigenvalue weighted by molar-refractivity contribution is -0.384. The highest BCUT2D eigenvalue weighted by Gasteiger charge is 2.10. The summed E-state index contributed by atoms with van der Waals surface area (Å²) in [5, 5.41) is 14.8. The van der Waals surface area contributed by atoms with Crippen LogP contribution >= 0.6 is 15.9 Å². The van der Waals surface area contributed by atoms with Gasteiger partial charge in [0.25, 0.3) is 5.69 Å². The SMILES string of the molecule is CCOc1c(Br)cc(C=NNc2cccc([N+](=O)[O-])c2)cc1OC. The van der Waals surface area contributed by atoms with Gasteiger partial charge in [-0.15, -0.1) is 0 Å². The number of nitrogens with zero attached hydrogens (tertiary/aromatic N) is 2. The van der Waals surface area contributed by atoms with Gasteiger partial charge in [-0.2, -0.15) is 5.10 Å².